The summed E-state index contributed by atoms with van der Waals surface area (Å²) in [4.78, 5) is 40.8. The van der Waals surface area contributed by atoms with Crippen molar-refractivity contribution in [1.82, 2.24) is 19.8 Å². The van der Waals surface area contributed by atoms with Gasteiger partial charge in [-0.05, 0) is 85.1 Å². The molecule has 12 nitrogen and oxygen atoms in total. The van der Waals surface area contributed by atoms with Gasteiger partial charge in [-0.3, -0.25) is 0 Å². The number of amides is 2. The van der Waals surface area contributed by atoms with Crippen molar-refractivity contribution in [1.29, 1.82) is 0 Å². The first kappa shape index (κ1) is 35.4. The highest BCUT2D eigenvalue weighted by molar-refractivity contribution is 9.10. The van der Waals surface area contributed by atoms with Gasteiger partial charge in [0, 0.05) is 68.2 Å². The number of hydrogen-bond donors (Lipinski definition) is 2. The first-order valence-corrected chi connectivity index (χ1v) is 15.7. The smallest absolute Gasteiger partial charge is 0.444 e. The Kier molecular flexibility index (Phi) is 11.9. The molecule has 0 bridgehead atoms. The number of carbonyl (C=O) groups is 2. The second-order valence-corrected chi connectivity index (χ2v) is 14.0. The van der Waals surface area contributed by atoms with E-state index in [1.165, 1.54) is 0 Å². The lowest BCUT2D eigenvalue weighted by molar-refractivity contribution is 0.0147. The van der Waals surface area contributed by atoms with Crippen molar-refractivity contribution in [2.75, 3.05) is 49.1 Å². The predicted molar refractivity (Wildman–Crippen MR) is 175 cm³/mol. The number of anilines is 2. The number of rotatable bonds is 3. The Labute approximate surface area is 269 Å². The van der Waals surface area contributed by atoms with E-state index in [4.69, 9.17) is 9.47 Å². The van der Waals surface area contributed by atoms with E-state index < -0.39 is 18.3 Å². The van der Waals surface area contributed by atoms with Crippen LogP contribution in [0.4, 0.5) is 21.2 Å². The first-order chi connectivity index (χ1) is 20.4. The summed E-state index contributed by atoms with van der Waals surface area (Å²) in [5.74, 6) is 1.60. The Balaban J connectivity index is 0.000000241. The van der Waals surface area contributed by atoms with Gasteiger partial charge in [0.05, 0.1) is 0 Å². The Morgan fingerprint density at radius 1 is 0.795 bits per heavy atom. The number of nitrogens with zero attached hydrogens (tertiary/aromatic N) is 6. The molecule has 14 heteroatoms. The van der Waals surface area contributed by atoms with Crippen molar-refractivity contribution in [2.24, 2.45) is 0 Å². The number of ether oxygens (including phenoxy) is 2. The topological polar surface area (TPSA) is 132 Å². The summed E-state index contributed by atoms with van der Waals surface area (Å²) in [6.07, 6.45) is 2.79. The molecule has 44 heavy (non-hydrogen) atoms. The van der Waals surface area contributed by atoms with Gasteiger partial charge in [-0.1, -0.05) is 15.9 Å². The summed E-state index contributed by atoms with van der Waals surface area (Å²) < 4.78 is 11.9. The molecule has 2 N–H and O–H groups in total. The molecule has 0 aromatic carbocycles. The zero-order valence-electron chi connectivity index (χ0n) is 27.0. The number of aromatic nitrogens is 2. The minimum absolute atomic E-state index is 0.0249. The molecule has 2 amide bonds. The monoisotopic (exact) mass is 676 g/mol. The van der Waals surface area contributed by atoms with Gasteiger partial charge in [-0.2, -0.15) is 0 Å². The third kappa shape index (κ3) is 10.5. The molecule has 0 unspecified atom stereocenters. The van der Waals surface area contributed by atoms with Crippen LogP contribution in [0.5, 0.6) is 0 Å². The van der Waals surface area contributed by atoms with Crippen LogP contribution in [-0.2, 0) is 9.47 Å². The van der Waals surface area contributed by atoms with E-state index in [1.807, 2.05) is 72.4 Å². The maximum Gasteiger partial charge on any atom is 0.488 e. The van der Waals surface area contributed by atoms with Crippen molar-refractivity contribution < 1.29 is 29.1 Å². The summed E-state index contributed by atoms with van der Waals surface area (Å²) in [6.45, 7) is 19.1. The summed E-state index contributed by atoms with van der Waals surface area (Å²) in [5.41, 5.74) is -0.571. The van der Waals surface area contributed by atoms with Crippen LogP contribution < -0.4 is 15.3 Å². The summed E-state index contributed by atoms with van der Waals surface area (Å²) in [5, 5.41) is 18.5. The van der Waals surface area contributed by atoms with Crippen molar-refractivity contribution in [3.05, 3.63) is 41.1 Å². The largest absolute Gasteiger partial charge is 0.488 e. The summed E-state index contributed by atoms with van der Waals surface area (Å²) in [7, 11) is -1.52. The normalized spacial score (nSPS) is 19.2. The number of piperazine rings is 2. The fourth-order valence-corrected chi connectivity index (χ4v) is 5.17. The van der Waals surface area contributed by atoms with Crippen molar-refractivity contribution in [2.45, 2.75) is 78.7 Å². The van der Waals surface area contributed by atoms with Gasteiger partial charge >= 0.3 is 19.3 Å². The summed E-state index contributed by atoms with van der Waals surface area (Å²) in [6, 6.07) is 7.19. The predicted octanol–water partition coefficient (Wildman–Crippen LogP) is 3.50. The second kappa shape index (κ2) is 14.8. The lowest BCUT2D eigenvalue weighted by atomic mass is 9.81. The highest BCUT2D eigenvalue weighted by atomic mass is 79.9. The van der Waals surface area contributed by atoms with Gasteiger partial charge in [0.15, 0.2) is 0 Å². The summed E-state index contributed by atoms with van der Waals surface area (Å²) >= 11 is 3.46. The molecule has 0 aliphatic carbocycles. The molecule has 2 aromatic rings. The molecule has 2 aromatic heterocycles. The van der Waals surface area contributed by atoms with Gasteiger partial charge in [0.25, 0.3) is 0 Å². The lowest BCUT2D eigenvalue weighted by Crippen LogP contribution is -2.55. The van der Waals surface area contributed by atoms with Crippen molar-refractivity contribution in [3.8, 4) is 0 Å². The van der Waals surface area contributed by atoms with Crippen LogP contribution in [0.15, 0.2) is 41.1 Å². The standard InChI is InChI=1S/C15H24BN3O4.C15H22BrN3O2/c1-11-10-18(13-9-12(16(21)22)5-6-17-13)7-8-19(11)14(20)23-15(2,3)4;1-11-10-18(13-9-12(16)5-6-17-13)7-8-19(11)14(20)21-15(2,3)4/h5-6,9,11,21-22H,7-8,10H2,1-4H3;5-6,9,11H,7-8,10H2,1-4H3/t2*11-/m00/s1. The zero-order valence-corrected chi connectivity index (χ0v) is 28.6. The SMILES string of the molecule is C[C@H]1CN(c2cc(B(O)O)ccn2)CCN1C(=O)OC(C)(C)C.C[C@H]1CN(c2cc(Br)ccn2)CCN1C(=O)OC(C)(C)C. The molecule has 4 rings (SSSR count). The molecule has 2 aliphatic rings. The Bertz CT molecular complexity index is 1270. The minimum Gasteiger partial charge on any atom is -0.444 e. The van der Waals surface area contributed by atoms with Crippen molar-refractivity contribution >= 4 is 52.3 Å². The van der Waals surface area contributed by atoms with Crippen LogP contribution in [0.1, 0.15) is 55.4 Å². The Hall–Kier alpha value is -3.10. The average Bonchev–Trinajstić information content (AvgIpc) is 2.91. The van der Waals surface area contributed by atoms with Crippen LogP contribution in [0, 0.1) is 0 Å². The number of carbonyl (C=O) groups excluding carboxylic acids is 2. The molecule has 2 fully saturated rings. The van der Waals surface area contributed by atoms with Gasteiger partial charge in [0.2, 0.25) is 0 Å². The molecule has 0 spiro atoms. The number of hydrogen-bond acceptors (Lipinski definition) is 10. The molecule has 4 heterocycles. The Morgan fingerprint density at radius 3 is 1.61 bits per heavy atom. The highest BCUT2D eigenvalue weighted by Crippen LogP contribution is 2.22. The van der Waals surface area contributed by atoms with Crippen LogP contribution in [-0.4, -0.2) is 112 Å². The van der Waals surface area contributed by atoms with Crippen LogP contribution in [0.2, 0.25) is 0 Å². The zero-order chi connectivity index (χ0) is 32.8. The molecule has 242 valence electrons. The maximum atomic E-state index is 12.2. The third-order valence-corrected chi connectivity index (χ3v) is 7.43. The quantitative estimate of drug-likeness (QED) is 0.466. The van der Waals surface area contributed by atoms with E-state index in [0.29, 0.717) is 37.5 Å². The van der Waals surface area contributed by atoms with E-state index in [-0.39, 0.29) is 24.3 Å². The van der Waals surface area contributed by atoms with E-state index >= 15 is 0 Å². The molecular weight excluding hydrogens is 631 g/mol. The van der Waals surface area contributed by atoms with Crippen LogP contribution in [0.25, 0.3) is 0 Å². The van der Waals surface area contributed by atoms with Gasteiger partial charge in [-0.25, -0.2) is 19.6 Å². The molecular formula is C30H46BBrN6O6. The maximum absolute atomic E-state index is 12.2. The third-order valence-electron chi connectivity index (χ3n) is 6.93. The van der Waals surface area contributed by atoms with Gasteiger partial charge in [-0.15, -0.1) is 0 Å². The van der Waals surface area contributed by atoms with Crippen LogP contribution >= 0.6 is 15.9 Å². The van der Waals surface area contributed by atoms with E-state index in [0.717, 1.165) is 23.4 Å². The van der Waals surface area contributed by atoms with E-state index in [2.05, 4.69) is 30.8 Å². The van der Waals surface area contributed by atoms with Gasteiger partial charge in [0.1, 0.15) is 22.8 Å². The molecule has 2 saturated heterocycles. The highest BCUT2D eigenvalue weighted by Gasteiger charge is 2.32. The average molecular weight is 677 g/mol. The first-order valence-electron chi connectivity index (χ1n) is 14.9. The minimum atomic E-state index is -1.52. The molecule has 0 radical (unpaired) electrons. The number of pyridine rings is 2. The molecule has 2 atom stereocenters. The molecule has 0 saturated carbocycles. The molecule has 2 aliphatic heterocycles. The van der Waals surface area contributed by atoms with E-state index in [1.54, 1.807) is 34.3 Å². The second-order valence-electron chi connectivity index (χ2n) is 13.1. The van der Waals surface area contributed by atoms with Crippen LogP contribution in [0.3, 0.4) is 0 Å². The fourth-order valence-electron chi connectivity index (χ4n) is 4.85. The fraction of sp³-hybridized carbons (Fsp3) is 0.600. The lowest BCUT2D eigenvalue weighted by Gasteiger charge is -2.40. The van der Waals surface area contributed by atoms with Crippen molar-refractivity contribution in [3.63, 3.8) is 0 Å². The number of halogens is 1. The Morgan fingerprint density at radius 2 is 1.23 bits per heavy atom. The van der Waals surface area contributed by atoms with E-state index in [9.17, 15) is 19.6 Å². The van der Waals surface area contributed by atoms with Gasteiger partial charge < -0.3 is 39.1 Å².